The Morgan fingerprint density at radius 1 is 1.16 bits per heavy atom. The highest BCUT2D eigenvalue weighted by atomic mass is 16.1. The molecule has 3 aromatic rings. The quantitative estimate of drug-likeness (QED) is 0.715. The van der Waals surface area contributed by atoms with E-state index >= 15 is 0 Å². The zero-order valence-electron chi connectivity index (χ0n) is 14.5. The fraction of sp³-hybridized carbons (Fsp3) is 0.211. The van der Waals surface area contributed by atoms with E-state index in [0.29, 0.717) is 23.0 Å². The molecular weight excluding hydrogens is 314 g/mol. The van der Waals surface area contributed by atoms with E-state index in [2.05, 4.69) is 29.2 Å². The fourth-order valence-corrected chi connectivity index (χ4v) is 2.48. The number of nitrogens with one attached hydrogen (secondary N) is 1. The van der Waals surface area contributed by atoms with E-state index in [-0.39, 0.29) is 5.91 Å². The van der Waals surface area contributed by atoms with Gasteiger partial charge in [-0.3, -0.25) is 14.5 Å². The maximum atomic E-state index is 12.5. The van der Waals surface area contributed by atoms with Gasteiger partial charge in [-0.2, -0.15) is 5.10 Å². The molecule has 6 heteroatoms. The minimum absolute atomic E-state index is 0.287. The topological polar surface area (TPSA) is 85.8 Å². The Hall–Kier alpha value is -3.15. The predicted molar refractivity (Wildman–Crippen MR) is 99.3 cm³/mol. The molecule has 3 N–H and O–H groups in total. The van der Waals surface area contributed by atoms with E-state index in [1.807, 2.05) is 31.4 Å². The number of anilines is 2. The Balaban J connectivity index is 1.83. The molecule has 0 radical (unpaired) electrons. The molecule has 0 saturated carbocycles. The molecule has 0 saturated heterocycles. The van der Waals surface area contributed by atoms with E-state index in [0.717, 1.165) is 16.7 Å². The van der Waals surface area contributed by atoms with Crippen LogP contribution >= 0.6 is 0 Å². The number of benzene rings is 1. The largest absolute Gasteiger partial charge is 0.397 e. The van der Waals surface area contributed by atoms with E-state index in [1.165, 1.54) is 0 Å². The second-order valence-electron chi connectivity index (χ2n) is 6.29. The summed E-state index contributed by atoms with van der Waals surface area (Å²) in [6, 6.07) is 9.16. The molecular formula is C19H21N5O. The highest BCUT2D eigenvalue weighted by molar-refractivity contribution is 6.04. The van der Waals surface area contributed by atoms with Gasteiger partial charge in [0, 0.05) is 25.0 Å². The SMILES string of the molecule is CC(C)c1ccc(C(=O)Nc2cc(-c3cnn(C)c3)ccc2N)nc1. The third-order valence-electron chi connectivity index (χ3n) is 4.03. The van der Waals surface area contributed by atoms with Crippen molar-refractivity contribution in [2.75, 3.05) is 11.1 Å². The fourth-order valence-electron chi connectivity index (χ4n) is 2.48. The van der Waals surface area contributed by atoms with Crippen LogP contribution < -0.4 is 11.1 Å². The smallest absolute Gasteiger partial charge is 0.274 e. The van der Waals surface area contributed by atoms with Gasteiger partial charge in [-0.05, 0) is 35.2 Å². The molecule has 0 bridgehead atoms. The summed E-state index contributed by atoms with van der Waals surface area (Å²) < 4.78 is 1.73. The van der Waals surface area contributed by atoms with Crippen molar-refractivity contribution in [2.24, 2.45) is 7.05 Å². The number of carbonyl (C=O) groups excluding carboxylic acids is 1. The molecule has 6 nitrogen and oxygen atoms in total. The van der Waals surface area contributed by atoms with Gasteiger partial charge >= 0.3 is 0 Å². The Bertz CT molecular complexity index is 896. The van der Waals surface area contributed by atoms with E-state index < -0.39 is 0 Å². The lowest BCUT2D eigenvalue weighted by atomic mass is 10.1. The number of carbonyl (C=O) groups is 1. The maximum Gasteiger partial charge on any atom is 0.274 e. The van der Waals surface area contributed by atoms with Crippen LogP contribution in [0.4, 0.5) is 11.4 Å². The third-order valence-corrected chi connectivity index (χ3v) is 4.03. The standard InChI is InChI=1S/C19H21N5O/c1-12(2)14-5-7-17(21-9-14)19(25)23-18-8-13(4-6-16(18)20)15-10-22-24(3)11-15/h4-12H,20H2,1-3H3,(H,23,25). The van der Waals surface area contributed by atoms with Crippen molar-refractivity contribution < 1.29 is 4.79 Å². The average Bonchev–Trinajstić information content (AvgIpc) is 3.03. The summed E-state index contributed by atoms with van der Waals surface area (Å²) in [6.45, 7) is 4.17. The van der Waals surface area contributed by atoms with Gasteiger partial charge < -0.3 is 11.1 Å². The van der Waals surface area contributed by atoms with Crippen LogP contribution in [0.3, 0.4) is 0 Å². The lowest BCUT2D eigenvalue weighted by Crippen LogP contribution is -2.15. The monoisotopic (exact) mass is 335 g/mol. The summed E-state index contributed by atoms with van der Waals surface area (Å²) in [5.74, 6) is 0.0850. The number of hydrogen-bond donors (Lipinski definition) is 2. The molecule has 0 aliphatic heterocycles. The van der Waals surface area contributed by atoms with Crippen LogP contribution in [-0.2, 0) is 7.05 Å². The molecule has 1 aromatic carbocycles. The summed E-state index contributed by atoms with van der Waals surface area (Å²) in [5.41, 5.74) is 10.4. The number of pyridine rings is 1. The van der Waals surface area contributed by atoms with Gasteiger partial charge in [0.05, 0.1) is 17.6 Å². The number of aryl methyl sites for hydroxylation is 1. The molecule has 1 amide bonds. The molecule has 2 aromatic heterocycles. The number of nitrogen functional groups attached to an aromatic ring is 1. The first-order valence-electron chi connectivity index (χ1n) is 8.10. The molecule has 0 aliphatic carbocycles. The Labute approximate surface area is 146 Å². The van der Waals surface area contributed by atoms with E-state index in [9.17, 15) is 4.79 Å². The molecule has 0 atom stereocenters. The van der Waals surface area contributed by atoms with E-state index in [4.69, 9.17) is 5.73 Å². The molecule has 128 valence electrons. The van der Waals surface area contributed by atoms with Crippen molar-refractivity contribution >= 4 is 17.3 Å². The summed E-state index contributed by atoms with van der Waals surface area (Å²) in [7, 11) is 1.86. The van der Waals surface area contributed by atoms with Crippen molar-refractivity contribution in [3.05, 3.63) is 60.2 Å². The van der Waals surface area contributed by atoms with Gasteiger partial charge in [0.1, 0.15) is 5.69 Å². The number of aromatic nitrogens is 3. The summed E-state index contributed by atoms with van der Waals surface area (Å²) in [6.07, 6.45) is 5.40. The molecule has 0 aliphatic rings. The van der Waals surface area contributed by atoms with Gasteiger partial charge in [-0.15, -0.1) is 0 Å². The minimum atomic E-state index is -0.287. The number of hydrogen-bond acceptors (Lipinski definition) is 4. The van der Waals surface area contributed by atoms with Crippen LogP contribution in [0.25, 0.3) is 11.1 Å². The highest BCUT2D eigenvalue weighted by Gasteiger charge is 2.12. The van der Waals surface area contributed by atoms with Crippen molar-refractivity contribution in [3.63, 3.8) is 0 Å². The summed E-state index contributed by atoms with van der Waals surface area (Å²) in [5, 5.41) is 7.00. The molecule has 25 heavy (non-hydrogen) atoms. The van der Waals surface area contributed by atoms with Gasteiger partial charge in [-0.1, -0.05) is 26.0 Å². The molecule has 0 spiro atoms. The molecule has 0 unspecified atom stereocenters. The van der Waals surface area contributed by atoms with Crippen LogP contribution in [0.1, 0.15) is 35.8 Å². The zero-order valence-corrected chi connectivity index (χ0v) is 14.5. The number of rotatable bonds is 4. The van der Waals surface area contributed by atoms with Crippen molar-refractivity contribution in [2.45, 2.75) is 19.8 Å². The second-order valence-corrected chi connectivity index (χ2v) is 6.29. The number of nitrogens with zero attached hydrogens (tertiary/aromatic N) is 3. The molecule has 2 heterocycles. The maximum absolute atomic E-state index is 12.5. The van der Waals surface area contributed by atoms with Crippen LogP contribution in [0.5, 0.6) is 0 Å². The first-order valence-corrected chi connectivity index (χ1v) is 8.10. The highest BCUT2D eigenvalue weighted by Crippen LogP contribution is 2.27. The number of nitrogens with two attached hydrogens (primary N) is 1. The molecule has 3 rings (SSSR count). The van der Waals surface area contributed by atoms with Crippen molar-refractivity contribution in [1.82, 2.24) is 14.8 Å². The normalized spacial score (nSPS) is 10.9. The summed E-state index contributed by atoms with van der Waals surface area (Å²) >= 11 is 0. The Morgan fingerprint density at radius 2 is 1.96 bits per heavy atom. The minimum Gasteiger partial charge on any atom is -0.397 e. The van der Waals surface area contributed by atoms with Crippen molar-refractivity contribution in [1.29, 1.82) is 0 Å². The summed E-state index contributed by atoms with van der Waals surface area (Å²) in [4.78, 5) is 16.7. The third kappa shape index (κ3) is 3.68. The Morgan fingerprint density at radius 3 is 2.56 bits per heavy atom. The van der Waals surface area contributed by atoms with Crippen LogP contribution in [0, 0.1) is 0 Å². The second kappa shape index (κ2) is 6.76. The van der Waals surface area contributed by atoms with Gasteiger partial charge in [0.2, 0.25) is 0 Å². The lowest BCUT2D eigenvalue weighted by molar-refractivity contribution is 0.102. The van der Waals surface area contributed by atoms with Crippen molar-refractivity contribution in [3.8, 4) is 11.1 Å². The predicted octanol–water partition coefficient (Wildman–Crippen LogP) is 3.44. The van der Waals surface area contributed by atoms with Gasteiger partial charge in [0.25, 0.3) is 5.91 Å². The van der Waals surface area contributed by atoms with Crippen LogP contribution in [-0.4, -0.2) is 20.7 Å². The average molecular weight is 335 g/mol. The van der Waals surface area contributed by atoms with Gasteiger partial charge in [0.15, 0.2) is 0 Å². The first kappa shape index (κ1) is 16.7. The molecule has 0 fully saturated rings. The first-order chi connectivity index (χ1) is 11.9. The Kier molecular flexibility index (Phi) is 4.52. The van der Waals surface area contributed by atoms with Crippen LogP contribution in [0.15, 0.2) is 48.9 Å². The zero-order chi connectivity index (χ0) is 18.0. The number of amides is 1. The van der Waals surface area contributed by atoms with E-state index in [1.54, 1.807) is 29.2 Å². The lowest BCUT2D eigenvalue weighted by Gasteiger charge is -2.10. The van der Waals surface area contributed by atoms with Crippen LogP contribution in [0.2, 0.25) is 0 Å². The van der Waals surface area contributed by atoms with Gasteiger partial charge in [-0.25, -0.2) is 0 Å².